The number of hydrogen-bond acceptors (Lipinski definition) is 3. The maximum Gasteiger partial charge on any atom is 0.314 e. The minimum Gasteiger partial charge on any atom is -0.481 e. The summed E-state index contributed by atoms with van der Waals surface area (Å²) in [5.74, 6) is -0.720. The molecule has 1 aliphatic rings. The number of carboxylic acid groups (broad SMARTS) is 1. The molecule has 0 radical (unpaired) electrons. The molecule has 1 heterocycles. The third-order valence-corrected chi connectivity index (χ3v) is 3.79. The van der Waals surface area contributed by atoms with E-state index in [9.17, 15) is 9.90 Å². The van der Waals surface area contributed by atoms with Gasteiger partial charge in [-0.15, -0.1) is 0 Å². The third kappa shape index (κ3) is 2.37. The molecule has 102 valence electrons. The van der Waals surface area contributed by atoms with Crippen LogP contribution in [0.25, 0.3) is 0 Å². The Morgan fingerprint density at radius 1 is 1.30 bits per heavy atom. The van der Waals surface area contributed by atoms with Crippen molar-refractivity contribution in [1.29, 1.82) is 0 Å². The Morgan fingerprint density at radius 2 is 2.15 bits per heavy atom. The van der Waals surface area contributed by atoms with Gasteiger partial charge in [0.05, 0.1) is 5.41 Å². The van der Waals surface area contributed by atoms with Crippen molar-refractivity contribution in [2.24, 2.45) is 0 Å². The van der Waals surface area contributed by atoms with Crippen LogP contribution in [0, 0.1) is 0 Å². The molecule has 3 rings (SSSR count). The zero-order valence-electron chi connectivity index (χ0n) is 11.0. The second-order valence-electron chi connectivity index (χ2n) is 5.18. The summed E-state index contributed by atoms with van der Waals surface area (Å²) in [4.78, 5) is 15.4. The number of carbonyl (C=O) groups is 1. The predicted molar refractivity (Wildman–Crippen MR) is 76.6 cm³/mol. The van der Waals surface area contributed by atoms with Crippen LogP contribution in [0.15, 0.2) is 48.8 Å². The quantitative estimate of drug-likeness (QED) is 0.875. The van der Waals surface area contributed by atoms with Crippen LogP contribution in [0.3, 0.4) is 0 Å². The molecule has 4 nitrogen and oxygen atoms in total. The summed E-state index contributed by atoms with van der Waals surface area (Å²) in [6.45, 7) is 0.678. The van der Waals surface area contributed by atoms with E-state index in [0.717, 1.165) is 29.7 Å². The van der Waals surface area contributed by atoms with Gasteiger partial charge in [0.15, 0.2) is 0 Å². The van der Waals surface area contributed by atoms with Crippen molar-refractivity contribution in [2.45, 2.75) is 24.8 Å². The molecule has 0 atom stereocenters. The minimum absolute atomic E-state index is 0.647. The lowest BCUT2D eigenvalue weighted by atomic mass is 9.96. The molecule has 0 unspecified atom stereocenters. The molecule has 2 N–H and O–H groups in total. The fraction of sp³-hybridized carbons (Fsp3) is 0.250. The number of carboxylic acids is 1. The molecule has 1 fully saturated rings. The Hall–Kier alpha value is -2.36. The lowest BCUT2D eigenvalue weighted by Crippen LogP contribution is -2.19. The van der Waals surface area contributed by atoms with Crippen LogP contribution in [0.1, 0.15) is 24.0 Å². The summed E-state index contributed by atoms with van der Waals surface area (Å²) in [7, 11) is 0. The van der Waals surface area contributed by atoms with Gasteiger partial charge in [-0.2, -0.15) is 0 Å². The first-order valence-corrected chi connectivity index (χ1v) is 6.67. The smallest absolute Gasteiger partial charge is 0.314 e. The van der Waals surface area contributed by atoms with Gasteiger partial charge in [-0.1, -0.05) is 18.2 Å². The van der Waals surface area contributed by atoms with Crippen LogP contribution in [0.5, 0.6) is 0 Å². The topological polar surface area (TPSA) is 62.2 Å². The number of pyridine rings is 1. The van der Waals surface area contributed by atoms with Gasteiger partial charge in [-0.3, -0.25) is 9.78 Å². The van der Waals surface area contributed by atoms with E-state index >= 15 is 0 Å². The van der Waals surface area contributed by atoms with E-state index in [-0.39, 0.29) is 0 Å². The van der Waals surface area contributed by atoms with Crippen LogP contribution in [-0.4, -0.2) is 16.1 Å². The molecule has 1 saturated carbocycles. The molecule has 0 amide bonds. The Morgan fingerprint density at radius 3 is 2.80 bits per heavy atom. The van der Waals surface area contributed by atoms with Gasteiger partial charge in [0, 0.05) is 24.6 Å². The number of hydrogen-bond donors (Lipinski definition) is 2. The highest BCUT2D eigenvalue weighted by atomic mass is 16.4. The molecule has 0 saturated heterocycles. The van der Waals surface area contributed by atoms with E-state index in [1.54, 1.807) is 6.20 Å². The van der Waals surface area contributed by atoms with Gasteiger partial charge in [-0.05, 0) is 42.2 Å². The van der Waals surface area contributed by atoms with Crippen molar-refractivity contribution < 1.29 is 9.90 Å². The van der Waals surface area contributed by atoms with Gasteiger partial charge in [0.1, 0.15) is 0 Å². The number of nitrogens with zero attached hydrogens (tertiary/aromatic N) is 1. The maximum absolute atomic E-state index is 11.3. The van der Waals surface area contributed by atoms with E-state index in [4.69, 9.17) is 0 Å². The van der Waals surface area contributed by atoms with Crippen molar-refractivity contribution in [2.75, 3.05) is 5.32 Å². The summed E-state index contributed by atoms with van der Waals surface area (Å²) < 4.78 is 0. The van der Waals surface area contributed by atoms with E-state index in [0.29, 0.717) is 6.54 Å². The summed E-state index contributed by atoms with van der Waals surface area (Å²) >= 11 is 0. The van der Waals surface area contributed by atoms with Crippen molar-refractivity contribution in [3.05, 3.63) is 59.9 Å². The lowest BCUT2D eigenvalue weighted by Gasteiger charge is -2.13. The molecule has 2 aromatic rings. The predicted octanol–water partition coefficient (Wildman–Crippen LogP) is 2.81. The van der Waals surface area contributed by atoms with Crippen LogP contribution in [0.2, 0.25) is 0 Å². The zero-order valence-corrected chi connectivity index (χ0v) is 11.0. The molecule has 4 heteroatoms. The third-order valence-electron chi connectivity index (χ3n) is 3.79. The van der Waals surface area contributed by atoms with Crippen molar-refractivity contribution in [3.8, 4) is 0 Å². The summed E-state index contributed by atoms with van der Waals surface area (Å²) in [5.41, 5.74) is 2.28. The van der Waals surface area contributed by atoms with Crippen LogP contribution >= 0.6 is 0 Å². The first-order valence-electron chi connectivity index (χ1n) is 6.67. The average molecular weight is 268 g/mol. The van der Waals surface area contributed by atoms with Crippen molar-refractivity contribution in [3.63, 3.8) is 0 Å². The number of anilines is 1. The van der Waals surface area contributed by atoms with Gasteiger partial charge in [0.25, 0.3) is 0 Å². The SMILES string of the molecule is O=C(O)C1(c2cccc(NCc3cccnc3)c2)CC1. The van der Waals surface area contributed by atoms with Gasteiger partial charge < -0.3 is 10.4 Å². The number of nitrogens with one attached hydrogen (secondary N) is 1. The largest absolute Gasteiger partial charge is 0.481 e. The molecule has 0 bridgehead atoms. The Balaban J connectivity index is 1.74. The molecule has 1 aliphatic carbocycles. The summed E-state index contributed by atoms with van der Waals surface area (Å²) in [6, 6.07) is 11.6. The summed E-state index contributed by atoms with van der Waals surface area (Å²) in [5, 5.41) is 12.6. The Kier molecular flexibility index (Phi) is 3.14. The van der Waals surface area contributed by atoms with Crippen LogP contribution < -0.4 is 5.32 Å². The highest BCUT2D eigenvalue weighted by molar-refractivity contribution is 5.85. The zero-order chi connectivity index (χ0) is 14.0. The maximum atomic E-state index is 11.3. The molecule has 1 aromatic heterocycles. The summed E-state index contributed by atoms with van der Waals surface area (Å²) in [6.07, 6.45) is 5.02. The Labute approximate surface area is 117 Å². The first-order chi connectivity index (χ1) is 9.71. The lowest BCUT2D eigenvalue weighted by molar-refractivity contribution is -0.140. The normalized spacial score (nSPS) is 15.6. The van der Waals surface area contributed by atoms with Gasteiger partial charge >= 0.3 is 5.97 Å². The number of aliphatic carboxylic acids is 1. The molecule has 0 aliphatic heterocycles. The monoisotopic (exact) mass is 268 g/mol. The standard InChI is InChI=1S/C16H16N2O2/c19-15(20)16(6-7-16)13-4-1-5-14(9-13)18-11-12-3-2-8-17-10-12/h1-5,8-10,18H,6-7,11H2,(H,19,20). The second kappa shape index (κ2) is 4.96. The molecule has 20 heavy (non-hydrogen) atoms. The second-order valence-corrected chi connectivity index (χ2v) is 5.18. The molecular weight excluding hydrogens is 252 g/mol. The van der Waals surface area contributed by atoms with Crippen LogP contribution in [0.4, 0.5) is 5.69 Å². The number of rotatable bonds is 5. The average Bonchev–Trinajstić information content (AvgIpc) is 3.28. The Bertz CT molecular complexity index is 621. The van der Waals surface area contributed by atoms with E-state index in [1.165, 1.54) is 0 Å². The first kappa shape index (κ1) is 12.7. The number of aromatic nitrogens is 1. The fourth-order valence-corrected chi connectivity index (χ4v) is 2.38. The minimum atomic E-state index is -0.720. The van der Waals surface area contributed by atoms with Gasteiger partial charge in [0.2, 0.25) is 0 Å². The molecular formula is C16H16N2O2. The fourth-order valence-electron chi connectivity index (χ4n) is 2.38. The highest BCUT2D eigenvalue weighted by Crippen LogP contribution is 2.48. The van der Waals surface area contributed by atoms with Crippen molar-refractivity contribution in [1.82, 2.24) is 4.98 Å². The molecule has 1 aromatic carbocycles. The van der Waals surface area contributed by atoms with E-state index in [2.05, 4.69) is 10.3 Å². The van der Waals surface area contributed by atoms with Crippen LogP contribution in [-0.2, 0) is 16.8 Å². The van der Waals surface area contributed by atoms with Gasteiger partial charge in [-0.25, -0.2) is 0 Å². The van der Waals surface area contributed by atoms with E-state index < -0.39 is 11.4 Å². The van der Waals surface area contributed by atoms with Crippen molar-refractivity contribution >= 4 is 11.7 Å². The van der Waals surface area contributed by atoms with E-state index in [1.807, 2.05) is 42.6 Å². The highest BCUT2D eigenvalue weighted by Gasteiger charge is 2.51. The number of benzene rings is 1. The molecule has 0 spiro atoms.